The molecular weight excluding hydrogens is 489 g/mol. The lowest BCUT2D eigenvalue weighted by atomic mass is 9.87. The Balaban J connectivity index is 1.98. The molecule has 0 spiro atoms. The molecule has 2 N–H and O–H groups in total. The second-order valence-electron chi connectivity index (χ2n) is 8.46. The van der Waals surface area contributed by atoms with E-state index in [1.54, 1.807) is 43.5 Å². The second-order valence-corrected chi connectivity index (χ2v) is 8.46. The smallest absolute Gasteiger partial charge is 0.418 e. The van der Waals surface area contributed by atoms with Gasteiger partial charge in [0.1, 0.15) is 0 Å². The minimum Gasteiger partial charge on any atom is -0.418 e. The summed E-state index contributed by atoms with van der Waals surface area (Å²) in [6, 6.07) is 10.2. The van der Waals surface area contributed by atoms with Crippen molar-refractivity contribution in [1.82, 2.24) is 10.5 Å². The second kappa shape index (κ2) is 10.7. The molecule has 1 aliphatic heterocycles. The van der Waals surface area contributed by atoms with Gasteiger partial charge in [0.2, 0.25) is 0 Å². The van der Waals surface area contributed by atoms with Crippen LogP contribution >= 0.6 is 0 Å². The molecule has 1 heterocycles. The number of benzene rings is 2. The van der Waals surface area contributed by atoms with Crippen LogP contribution in [0, 0.1) is 0 Å². The number of carbonyl (C=O) groups excluding carboxylic acids is 1. The number of nitrogens with one attached hydrogen (secondary N) is 2. The molecule has 12 heteroatoms. The van der Waals surface area contributed by atoms with Crippen molar-refractivity contribution in [2.24, 2.45) is 0 Å². The molecule has 0 bridgehead atoms. The van der Waals surface area contributed by atoms with Crippen molar-refractivity contribution in [2.75, 3.05) is 20.2 Å². The van der Waals surface area contributed by atoms with Crippen molar-refractivity contribution in [3.63, 3.8) is 0 Å². The van der Waals surface area contributed by atoms with Crippen LogP contribution in [-0.4, -0.2) is 33.0 Å². The number of hydrogen-bond donors (Lipinski definition) is 2. The summed E-state index contributed by atoms with van der Waals surface area (Å²) in [5, 5.41) is 6.06. The number of carbonyl (C=O) groups is 1. The summed E-state index contributed by atoms with van der Waals surface area (Å²) >= 11 is 0. The molecule has 0 radical (unpaired) electrons. The quantitative estimate of drug-likeness (QED) is 0.202. The van der Waals surface area contributed by atoms with E-state index in [0.717, 1.165) is 0 Å². The number of Topliss-reactive ketones (excluding diaryl/α,β-unsaturated/α-hetero) is 1. The molecule has 2 atom stereocenters. The molecule has 0 aromatic heterocycles. The molecule has 0 saturated carbocycles. The number of ketones is 1. The van der Waals surface area contributed by atoms with Gasteiger partial charge in [0.05, 0.1) is 41.6 Å². The van der Waals surface area contributed by atoms with Gasteiger partial charge in [-0.15, -0.1) is 0 Å². The molecule has 36 heavy (non-hydrogen) atoms. The number of ether oxygens (including phenoxy) is 1. The molecule has 0 amide bonds. The first-order valence-electron chi connectivity index (χ1n) is 11.0. The maximum atomic E-state index is 13.3. The first-order valence-corrected chi connectivity index (χ1v) is 11.0. The summed E-state index contributed by atoms with van der Waals surface area (Å²) in [5.41, 5.74) is -3.37. The van der Waals surface area contributed by atoms with Crippen LogP contribution in [0.5, 0.6) is 0 Å². The molecule has 1 aliphatic rings. The van der Waals surface area contributed by atoms with E-state index in [4.69, 9.17) is 9.39 Å². The lowest BCUT2D eigenvalue weighted by Gasteiger charge is -2.33. The third kappa shape index (κ3) is 6.89. The third-order valence-electron chi connectivity index (χ3n) is 5.80. The summed E-state index contributed by atoms with van der Waals surface area (Å²) in [6.45, 7) is 2.94. The zero-order valence-corrected chi connectivity index (χ0v) is 19.8. The fourth-order valence-electron chi connectivity index (χ4n) is 3.60. The van der Waals surface area contributed by atoms with Gasteiger partial charge in [0, 0.05) is 6.92 Å². The highest BCUT2D eigenvalue weighted by Gasteiger charge is 2.38. The molecule has 2 aromatic carbocycles. The van der Waals surface area contributed by atoms with Crippen LogP contribution in [0.25, 0.3) is 0 Å². The zero-order chi connectivity index (χ0) is 26.7. The first-order chi connectivity index (χ1) is 16.7. The van der Waals surface area contributed by atoms with Crippen LogP contribution in [0.2, 0.25) is 0 Å². The van der Waals surface area contributed by atoms with Gasteiger partial charge >= 0.3 is 19.4 Å². The van der Waals surface area contributed by atoms with Gasteiger partial charge < -0.3 is 19.9 Å². The molecule has 1 saturated heterocycles. The standard InChI is InChI=1S/C24H25BF6N2O3/c1-15(34)21(33-25-14-36-25)12-22(32-3,18-7-5-4-6-8-18)13-35-16(2)17-9-19(23(26,27)28)11-20(10-17)24(29,30)31/h4-12,16,32-33H,13-14H2,1-3H3/t16-,22-/m1/s1. The van der Waals surface area contributed by atoms with Gasteiger partial charge in [-0.2, -0.15) is 26.3 Å². The predicted molar refractivity (Wildman–Crippen MR) is 122 cm³/mol. The molecule has 2 aromatic rings. The summed E-state index contributed by atoms with van der Waals surface area (Å²) in [6.07, 6.45) is -9.49. The Morgan fingerprint density at radius 2 is 1.61 bits per heavy atom. The monoisotopic (exact) mass is 514 g/mol. The number of rotatable bonds is 10. The zero-order valence-electron chi connectivity index (χ0n) is 19.8. The number of halogens is 6. The van der Waals surface area contributed by atoms with Crippen molar-refractivity contribution in [3.8, 4) is 0 Å². The fraction of sp³-hybridized carbons (Fsp3) is 0.375. The van der Waals surface area contributed by atoms with Crippen molar-refractivity contribution in [1.29, 1.82) is 0 Å². The number of alkyl halides is 6. The summed E-state index contributed by atoms with van der Waals surface area (Å²) in [7, 11) is 1.28. The Kier molecular flexibility index (Phi) is 8.22. The predicted octanol–water partition coefficient (Wildman–Crippen LogP) is 5.04. The summed E-state index contributed by atoms with van der Waals surface area (Å²) in [4.78, 5) is 12.3. The van der Waals surface area contributed by atoms with Crippen LogP contribution in [-0.2, 0) is 32.1 Å². The topological polar surface area (TPSA) is 62.9 Å². The molecule has 194 valence electrons. The maximum absolute atomic E-state index is 13.3. The highest BCUT2D eigenvalue weighted by molar-refractivity contribution is 6.58. The van der Waals surface area contributed by atoms with Crippen LogP contribution in [0.4, 0.5) is 26.3 Å². The van der Waals surface area contributed by atoms with Crippen molar-refractivity contribution >= 4 is 12.8 Å². The van der Waals surface area contributed by atoms with Crippen molar-refractivity contribution in [3.05, 3.63) is 82.6 Å². The molecule has 0 unspecified atom stereocenters. The van der Waals surface area contributed by atoms with Gasteiger partial charge in [-0.1, -0.05) is 30.3 Å². The fourth-order valence-corrected chi connectivity index (χ4v) is 3.60. The van der Waals surface area contributed by atoms with E-state index < -0.39 is 35.1 Å². The largest absolute Gasteiger partial charge is 0.438 e. The first kappa shape index (κ1) is 27.8. The molecule has 1 fully saturated rings. The van der Waals surface area contributed by atoms with E-state index in [-0.39, 0.29) is 36.8 Å². The maximum Gasteiger partial charge on any atom is 0.438 e. The lowest BCUT2D eigenvalue weighted by molar-refractivity contribution is -0.143. The van der Waals surface area contributed by atoms with Crippen LogP contribution in [0.15, 0.2) is 60.3 Å². The van der Waals surface area contributed by atoms with Gasteiger partial charge in [0.25, 0.3) is 0 Å². The summed E-state index contributed by atoms with van der Waals surface area (Å²) in [5.74, 6) is -0.290. The van der Waals surface area contributed by atoms with Gasteiger partial charge in [0.15, 0.2) is 5.78 Å². The van der Waals surface area contributed by atoms with Crippen molar-refractivity contribution in [2.45, 2.75) is 37.8 Å². The van der Waals surface area contributed by atoms with Gasteiger partial charge in [-0.3, -0.25) is 4.79 Å². The van der Waals surface area contributed by atoms with E-state index >= 15 is 0 Å². The van der Waals surface area contributed by atoms with Gasteiger partial charge in [-0.05, 0) is 49.4 Å². The molecule has 5 nitrogen and oxygen atoms in total. The normalized spacial score (nSPS) is 16.9. The van der Waals surface area contributed by atoms with E-state index in [2.05, 4.69) is 10.5 Å². The van der Waals surface area contributed by atoms with Crippen molar-refractivity contribution < 1.29 is 40.5 Å². The van der Waals surface area contributed by atoms with Gasteiger partial charge in [-0.25, -0.2) is 0 Å². The molecule has 3 rings (SSSR count). The molecule has 0 aliphatic carbocycles. The van der Waals surface area contributed by atoms with E-state index in [1.165, 1.54) is 13.8 Å². The average Bonchev–Trinajstić information content (AvgIpc) is 3.64. The SMILES string of the molecule is CN[C@](C=C(NB1CO1)C(C)=O)(CO[C@H](C)c1cc(C(F)(F)F)cc(C(F)(F)F)c1)c1ccccc1. The van der Waals surface area contributed by atoms with Crippen LogP contribution in [0.3, 0.4) is 0 Å². The minimum absolute atomic E-state index is 0.0750. The number of hydrogen-bond acceptors (Lipinski definition) is 5. The third-order valence-corrected chi connectivity index (χ3v) is 5.80. The Hall–Kier alpha value is -2.83. The number of allylic oxidation sites excluding steroid dienone is 1. The molecular formula is C24H25BF6N2O3. The van der Waals surface area contributed by atoms with Crippen LogP contribution in [0.1, 0.15) is 42.2 Å². The lowest BCUT2D eigenvalue weighted by Crippen LogP contribution is -2.44. The average molecular weight is 514 g/mol. The summed E-state index contributed by atoms with van der Waals surface area (Å²) < 4.78 is 90.8. The Morgan fingerprint density at radius 1 is 1.06 bits per heavy atom. The Bertz CT molecular complexity index is 1070. The Labute approximate surface area is 205 Å². The highest BCUT2D eigenvalue weighted by atomic mass is 19.4. The van der Waals surface area contributed by atoms with E-state index in [0.29, 0.717) is 24.2 Å². The van der Waals surface area contributed by atoms with E-state index in [1.807, 2.05) is 0 Å². The highest BCUT2D eigenvalue weighted by Crippen LogP contribution is 2.38. The minimum atomic E-state index is -4.97. The number of likely N-dealkylation sites (N-methyl/N-ethyl adjacent to an activating group) is 1. The Morgan fingerprint density at radius 3 is 2.06 bits per heavy atom. The van der Waals surface area contributed by atoms with Crippen LogP contribution < -0.4 is 10.5 Å². The van der Waals surface area contributed by atoms with E-state index in [9.17, 15) is 31.1 Å².